The van der Waals surface area contributed by atoms with Crippen molar-refractivity contribution >= 4 is 24.0 Å². The van der Waals surface area contributed by atoms with Crippen molar-refractivity contribution in [2.75, 3.05) is 6.26 Å². The fourth-order valence-electron chi connectivity index (χ4n) is 1.75. The van der Waals surface area contributed by atoms with Crippen LogP contribution in [-0.2, 0) is 13.0 Å². The lowest BCUT2D eigenvalue weighted by atomic mass is 10.3. The number of rotatable bonds is 4. The molecular weight excluding hydrogens is 212 g/mol. The van der Waals surface area contributed by atoms with Crippen LogP contribution in [0.5, 0.6) is 0 Å². The molecule has 14 heavy (non-hydrogen) atoms. The average Bonchev–Trinajstić information content (AvgIpc) is 2.89. The van der Waals surface area contributed by atoms with Crippen molar-refractivity contribution in [3.8, 4) is 0 Å². The van der Waals surface area contributed by atoms with Crippen LogP contribution in [0.15, 0.2) is 6.20 Å². The van der Waals surface area contributed by atoms with Gasteiger partial charge in [0, 0.05) is 23.2 Å². The molecule has 1 saturated carbocycles. The largest absolute Gasteiger partial charge is 0.337 e. The van der Waals surface area contributed by atoms with Crippen molar-refractivity contribution in [1.82, 2.24) is 9.55 Å². The van der Waals surface area contributed by atoms with E-state index in [0.717, 1.165) is 17.7 Å². The monoisotopic (exact) mass is 228 g/mol. The molecule has 2 nitrogen and oxygen atoms in total. The second-order valence-electron chi connectivity index (χ2n) is 3.91. The summed E-state index contributed by atoms with van der Waals surface area (Å²) in [5.41, 5.74) is 1.33. The second kappa shape index (κ2) is 3.74. The number of aryl methyl sites for hydroxylation is 1. The van der Waals surface area contributed by atoms with Crippen molar-refractivity contribution < 1.29 is 0 Å². The lowest BCUT2D eigenvalue weighted by Crippen LogP contribution is -2.15. The van der Waals surface area contributed by atoms with Gasteiger partial charge in [0.2, 0.25) is 0 Å². The summed E-state index contributed by atoms with van der Waals surface area (Å²) in [6.07, 6.45) is 7.97. The van der Waals surface area contributed by atoms with Crippen LogP contribution in [0.3, 0.4) is 0 Å². The number of imidazole rings is 1. The average molecular weight is 228 g/mol. The minimum Gasteiger partial charge on any atom is -0.337 e. The Hall–Kier alpha value is -0.220. The number of nitrogens with zero attached hydrogens (tertiary/aromatic N) is 1. The van der Waals surface area contributed by atoms with Crippen molar-refractivity contribution in [1.29, 1.82) is 0 Å². The highest BCUT2D eigenvalue weighted by Gasteiger charge is 2.42. The number of aromatic amines is 1. The van der Waals surface area contributed by atoms with Gasteiger partial charge in [-0.2, -0.15) is 11.8 Å². The van der Waals surface area contributed by atoms with Gasteiger partial charge in [0.05, 0.1) is 0 Å². The molecule has 4 heteroatoms. The van der Waals surface area contributed by atoms with E-state index in [1.165, 1.54) is 18.5 Å². The van der Waals surface area contributed by atoms with Crippen LogP contribution < -0.4 is 0 Å². The fourth-order valence-corrected chi connectivity index (χ4v) is 2.76. The predicted molar refractivity (Wildman–Crippen MR) is 64.5 cm³/mol. The van der Waals surface area contributed by atoms with Gasteiger partial charge in [0.15, 0.2) is 4.77 Å². The van der Waals surface area contributed by atoms with E-state index >= 15 is 0 Å². The minimum absolute atomic E-state index is 0.490. The molecule has 1 N–H and O–H groups in total. The van der Waals surface area contributed by atoms with Gasteiger partial charge >= 0.3 is 0 Å². The Morgan fingerprint density at radius 1 is 1.64 bits per heavy atom. The summed E-state index contributed by atoms with van der Waals surface area (Å²) >= 11 is 7.26. The van der Waals surface area contributed by atoms with Crippen molar-refractivity contribution in [2.45, 2.75) is 37.5 Å². The third kappa shape index (κ3) is 1.77. The van der Waals surface area contributed by atoms with Gasteiger partial charge in [-0.05, 0) is 37.7 Å². The zero-order valence-electron chi connectivity index (χ0n) is 8.67. The fraction of sp³-hybridized carbons (Fsp3) is 0.700. The smallest absolute Gasteiger partial charge is 0.177 e. The maximum Gasteiger partial charge on any atom is 0.177 e. The normalized spacial score (nSPS) is 18.4. The third-order valence-corrected chi connectivity index (χ3v) is 4.74. The highest BCUT2D eigenvalue weighted by atomic mass is 32.2. The van der Waals surface area contributed by atoms with Gasteiger partial charge < -0.3 is 9.55 Å². The first kappa shape index (κ1) is 10.3. The maximum atomic E-state index is 5.28. The van der Waals surface area contributed by atoms with E-state index in [1.54, 1.807) is 0 Å². The van der Waals surface area contributed by atoms with Gasteiger partial charge in [-0.15, -0.1) is 0 Å². The van der Waals surface area contributed by atoms with E-state index in [0.29, 0.717) is 4.75 Å². The third-order valence-electron chi connectivity index (χ3n) is 3.00. The predicted octanol–water partition coefficient (Wildman–Crippen LogP) is 3.00. The molecule has 0 atom stereocenters. The zero-order chi connectivity index (χ0) is 10.2. The summed E-state index contributed by atoms with van der Waals surface area (Å²) in [7, 11) is 0. The molecule has 1 heterocycles. The molecule has 1 aromatic heterocycles. The number of thioether (sulfide) groups is 1. The Kier molecular flexibility index (Phi) is 2.75. The van der Waals surface area contributed by atoms with Crippen LogP contribution in [0.25, 0.3) is 0 Å². The van der Waals surface area contributed by atoms with E-state index in [9.17, 15) is 0 Å². The Morgan fingerprint density at radius 3 is 2.86 bits per heavy atom. The molecule has 0 aromatic carbocycles. The summed E-state index contributed by atoms with van der Waals surface area (Å²) in [6, 6.07) is 0. The SMILES string of the molecule is CCc1c[nH]c(=S)n1CC1(SC)CC1. The molecule has 0 unspecified atom stereocenters. The van der Waals surface area contributed by atoms with Crippen molar-refractivity contribution in [3.63, 3.8) is 0 Å². The van der Waals surface area contributed by atoms with Crippen LogP contribution in [0.4, 0.5) is 0 Å². The van der Waals surface area contributed by atoms with E-state index < -0.39 is 0 Å². The highest BCUT2D eigenvalue weighted by molar-refractivity contribution is 8.00. The van der Waals surface area contributed by atoms with Crippen molar-refractivity contribution in [2.24, 2.45) is 0 Å². The summed E-state index contributed by atoms with van der Waals surface area (Å²) in [4.78, 5) is 3.13. The standard InChI is InChI=1S/C10H16N2S2/c1-3-8-6-11-9(13)12(8)7-10(14-2)4-5-10/h6H,3-5,7H2,1-2H3,(H,11,13). The van der Waals surface area contributed by atoms with Gasteiger partial charge in [-0.25, -0.2) is 0 Å². The topological polar surface area (TPSA) is 20.7 Å². The lowest BCUT2D eigenvalue weighted by molar-refractivity contribution is 0.627. The zero-order valence-corrected chi connectivity index (χ0v) is 10.3. The molecule has 1 aliphatic carbocycles. The molecule has 0 radical (unpaired) electrons. The first-order valence-electron chi connectivity index (χ1n) is 5.03. The summed E-state index contributed by atoms with van der Waals surface area (Å²) in [5.74, 6) is 0. The Bertz CT molecular complexity index is 374. The Morgan fingerprint density at radius 2 is 2.36 bits per heavy atom. The van der Waals surface area contributed by atoms with E-state index in [2.05, 4.69) is 22.7 Å². The number of hydrogen-bond donors (Lipinski definition) is 1. The molecule has 0 bridgehead atoms. The number of hydrogen-bond acceptors (Lipinski definition) is 2. The van der Waals surface area contributed by atoms with E-state index in [4.69, 9.17) is 12.2 Å². The molecule has 0 aliphatic heterocycles. The van der Waals surface area contributed by atoms with Crippen LogP contribution in [0, 0.1) is 4.77 Å². The molecule has 0 amide bonds. The highest BCUT2D eigenvalue weighted by Crippen LogP contribution is 2.48. The van der Waals surface area contributed by atoms with Gasteiger partial charge in [-0.1, -0.05) is 6.92 Å². The van der Waals surface area contributed by atoms with Crippen LogP contribution in [-0.4, -0.2) is 20.6 Å². The molecule has 0 saturated heterocycles. The second-order valence-corrected chi connectivity index (χ2v) is 5.57. The molecule has 1 aromatic rings. The number of H-pyrrole nitrogens is 1. The molecule has 1 aliphatic rings. The van der Waals surface area contributed by atoms with Crippen LogP contribution in [0.1, 0.15) is 25.5 Å². The molecule has 0 spiro atoms. The Labute approximate surface area is 94.1 Å². The first-order chi connectivity index (χ1) is 6.71. The van der Waals surface area contributed by atoms with Gasteiger partial charge in [-0.3, -0.25) is 0 Å². The lowest BCUT2D eigenvalue weighted by Gasteiger charge is -2.14. The Balaban J connectivity index is 2.23. The quantitative estimate of drug-likeness (QED) is 0.800. The summed E-state index contributed by atoms with van der Waals surface area (Å²) in [5, 5.41) is 0. The van der Waals surface area contributed by atoms with Crippen LogP contribution in [0.2, 0.25) is 0 Å². The van der Waals surface area contributed by atoms with Crippen molar-refractivity contribution in [3.05, 3.63) is 16.7 Å². The summed E-state index contributed by atoms with van der Waals surface area (Å²) in [6.45, 7) is 3.26. The summed E-state index contributed by atoms with van der Waals surface area (Å²) < 4.78 is 3.63. The van der Waals surface area contributed by atoms with E-state index in [1.807, 2.05) is 18.0 Å². The first-order valence-corrected chi connectivity index (χ1v) is 6.66. The maximum absolute atomic E-state index is 5.28. The molecular formula is C10H16N2S2. The molecule has 2 rings (SSSR count). The number of aromatic nitrogens is 2. The van der Waals surface area contributed by atoms with E-state index in [-0.39, 0.29) is 0 Å². The van der Waals surface area contributed by atoms with Gasteiger partial charge in [0.1, 0.15) is 0 Å². The number of nitrogens with one attached hydrogen (secondary N) is 1. The molecule has 1 fully saturated rings. The molecule has 78 valence electrons. The van der Waals surface area contributed by atoms with Gasteiger partial charge in [0.25, 0.3) is 0 Å². The minimum atomic E-state index is 0.490. The van der Waals surface area contributed by atoms with Crippen LogP contribution >= 0.6 is 24.0 Å².